The highest BCUT2D eigenvalue weighted by Gasteiger charge is 2.21. The van der Waals surface area contributed by atoms with E-state index in [1.54, 1.807) is 0 Å². The van der Waals surface area contributed by atoms with Crippen molar-refractivity contribution >= 4 is 38.9 Å². The second-order valence-corrected chi connectivity index (χ2v) is 11.4. The first kappa shape index (κ1) is 26.7. The Hall–Kier alpha value is -5.86. The molecule has 0 radical (unpaired) electrons. The second kappa shape index (κ2) is 11.7. The molecule has 2 heteroatoms. The van der Waals surface area contributed by atoms with E-state index in [2.05, 4.69) is 198 Å². The van der Waals surface area contributed by atoms with Gasteiger partial charge in [0.05, 0.1) is 11.0 Å². The molecule has 0 spiro atoms. The zero-order valence-corrected chi connectivity index (χ0v) is 24.9. The molecule has 45 heavy (non-hydrogen) atoms. The first-order valence-electron chi connectivity index (χ1n) is 15.5. The van der Waals surface area contributed by atoms with E-state index in [0.29, 0.717) is 0 Å². The number of aromatic nitrogens is 1. The van der Waals surface area contributed by atoms with Crippen LogP contribution in [0, 0.1) is 0 Å². The van der Waals surface area contributed by atoms with Crippen molar-refractivity contribution in [1.29, 1.82) is 0 Å². The van der Waals surface area contributed by atoms with Gasteiger partial charge in [0.1, 0.15) is 0 Å². The summed E-state index contributed by atoms with van der Waals surface area (Å²) >= 11 is 0. The van der Waals surface area contributed by atoms with Gasteiger partial charge in [-0.25, -0.2) is 0 Å². The lowest BCUT2D eigenvalue weighted by molar-refractivity contribution is 0.980. The Labute approximate surface area is 264 Å². The standard InChI is InChI=1S/C43H32N2/c1-6-16-32(17-7-1)43(33-18-8-2-9-19-33)34-26-28-41-39(30-34)40-31-38(27-29-42(40)45(41)37-24-14-5-15-25-37)44(35-20-10-3-11-21-35)36-22-12-4-13-23-36/h1-31,43H. The van der Waals surface area contributed by atoms with Crippen LogP contribution in [0.2, 0.25) is 0 Å². The molecule has 0 aliphatic heterocycles. The topological polar surface area (TPSA) is 8.17 Å². The Morgan fingerprint density at radius 2 is 0.800 bits per heavy atom. The van der Waals surface area contributed by atoms with Gasteiger partial charge in [-0.05, 0) is 83.4 Å². The van der Waals surface area contributed by atoms with E-state index in [1.165, 1.54) is 38.5 Å². The predicted molar refractivity (Wildman–Crippen MR) is 189 cm³/mol. The van der Waals surface area contributed by atoms with Crippen LogP contribution in [0.3, 0.4) is 0 Å². The van der Waals surface area contributed by atoms with Crippen LogP contribution >= 0.6 is 0 Å². The highest BCUT2D eigenvalue weighted by Crippen LogP contribution is 2.41. The van der Waals surface area contributed by atoms with Crippen LogP contribution in [0.4, 0.5) is 17.1 Å². The average Bonchev–Trinajstić information content (AvgIpc) is 3.44. The summed E-state index contributed by atoms with van der Waals surface area (Å²) in [4.78, 5) is 2.34. The summed E-state index contributed by atoms with van der Waals surface area (Å²) in [6.07, 6.45) is 0. The molecule has 2 nitrogen and oxygen atoms in total. The van der Waals surface area contributed by atoms with Crippen molar-refractivity contribution in [3.63, 3.8) is 0 Å². The molecule has 0 aliphatic carbocycles. The Morgan fingerprint density at radius 1 is 0.356 bits per heavy atom. The van der Waals surface area contributed by atoms with Gasteiger partial charge in [0.25, 0.3) is 0 Å². The Morgan fingerprint density at radius 3 is 1.33 bits per heavy atom. The molecule has 8 rings (SSSR count). The minimum atomic E-state index is 0.125. The minimum absolute atomic E-state index is 0.125. The summed E-state index contributed by atoms with van der Waals surface area (Å²) in [5, 5.41) is 2.47. The van der Waals surface area contributed by atoms with Crippen LogP contribution in [0.1, 0.15) is 22.6 Å². The van der Waals surface area contributed by atoms with Crippen LogP contribution in [0.5, 0.6) is 0 Å². The molecular weight excluding hydrogens is 544 g/mol. The lowest BCUT2D eigenvalue weighted by Gasteiger charge is -2.25. The minimum Gasteiger partial charge on any atom is -0.310 e. The summed E-state index contributed by atoms with van der Waals surface area (Å²) in [7, 11) is 0. The number of nitrogens with zero attached hydrogens (tertiary/aromatic N) is 2. The maximum Gasteiger partial charge on any atom is 0.0542 e. The predicted octanol–water partition coefficient (Wildman–Crippen LogP) is 11.4. The van der Waals surface area contributed by atoms with E-state index in [9.17, 15) is 0 Å². The summed E-state index contributed by atoms with van der Waals surface area (Å²) in [5.74, 6) is 0.125. The molecule has 1 heterocycles. The normalized spacial score (nSPS) is 11.3. The molecular formula is C43H32N2. The molecule has 0 aliphatic rings. The fraction of sp³-hybridized carbons (Fsp3) is 0.0233. The monoisotopic (exact) mass is 576 g/mol. The second-order valence-electron chi connectivity index (χ2n) is 11.4. The van der Waals surface area contributed by atoms with Gasteiger partial charge in [-0.3, -0.25) is 0 Å². The van der Waals surface area contributed by atoms with Crippen molar-refractivity contribution in [2.45, 2.75) is 5.92 Å². The maximum absolute atomic E-state index is 2.42. The Kier molecular flexibility index (Phi) is 6.94. The van der Waals surface area contributed by atoms with Crippen molar-refractivity contribution in [1.82, 2.24) is 4.57 Å². The molecule has 0 N–H and O–H groups in total. The molecule has 8 aromatic rings. The third-order valence-corrected chi connectivity index (χ3v) is 8.67. The summed E-state index contributed by atoms with van der Waals surface area (Å²) in [6, 6.07) is 67.6. The van der Waals surface area contributed by atoms with Crippen molar-refractivity contribution < 1.29 is 0 Å². The molecule has 0 unspecified atom stereocenters. The lowest BCUT2D eigenvalue weighted by Crippen LogP contribution is -2.09. The van der Waals surface area contributed by atoms with Gasteiger partial charge in [0.15, 0.2) is 0 Å². The van der Waals surface area contributed by atoms with Crippen molar-refractivity contribution in [3.8, 4) is 5.69 Å². The number of hydrogen-bond donors (Lipinski definition) is 0. The number of fused-ring (bicyclic) bond motifs is 3. The molecule has 0 bridgehead atoms. The zero-order chi connectivity index (χ0) is 30.0. The van der Waals surface area contributed by atoms with E-state index < -0.39 is 0 Å². The Bertz CT molecular complexity index is 1970. The number of para-hydroxylation sites is 3. The first-order chi connectivity index (χ1) is 22.3. The van der Waals surface area contributed by atoms with Gasteiger partial charge in [0.2, 0.25) is 0 Å². The van der Waals surface area contributed by atoms with Crippen LogP contribution in [-0.2, 0) is 0 Å². The molecule has 0 fully saturated rings. The van der Waals surface area contributed by atoms with E-state index in [0.717, 1.165) is 22.7 Å². The van der Waals surface area contributed by atoms with Gasteiger partial charge < -0.3 is 9.47 Å². The molecule has 214 valence electrons. The van der Waals surface area contributed by atoms with Crippen LogP contribution < -0.4 is 4.90 Å². The highest BCUT2D eigenvalue weighted by molar-refractivity contribution is 6.11. The quantitative estimate of drug-likeness (QED) is 0.171. The summed E-state index contributed by atoms with van der Waals surface area (Å²) in [6.45, 7) is 0. The van der Waals surface area contributed by atoms with E-state index >= 15 is 0 Å². The van der Waals surface area contributed by atoms with Gasteiger partial charge in [-0.2, -0.15) is 0 Å². The smallest absolute Gasteiger partial charge is 0.0542 e. The van der Waals surface area contributed by atoms with Gasteiger partial charge in [-0.1, -0.05) is 121 Å². The average molecular weight is 577 g/mol. The highest BCUT2D eigenvalue weighted by atomic mass is 15.1. The molecule has 0 saturated heterocycles. The van der Waals surface area contributed by atoms with E-state index in [-0.39, 0.29) is 5.92 Å². The SMILES string of the molecule is c1ccc(C(c2ccccc2)c2ccc3c(c2)c2cc(N(c4ccccc4)c4ccccc4)ccc2n3-c2ccccc2)cc1. The largest absolute Gasteiger partial charge is 0.310 e. The number of rotatable bonds is 7. The molecule has 1 aromatic heterocycles. The third kappa shape index (κ3) is 4.97. The van der Waals surface area contributed by atoms with Gasteiger partial charge in [0, 0.05) is 39.4 Å². The summed E-state index contributed by atoms with van der Waals surface area (Å²) in [5.41, 5.74) is 10.8. The van der Waals surface area contributed by atoms with Crippen LogP contribution in [-0.4, -0.2) is 4.57 Å². The van der Waals surface area contributed by atoms with Gasteiger partial charge in [-0.15, -0.1) is 0 Å². The molecule has 0 amide bonds. The Balaban J connectivity index is 1.39. The van der Waals surface area contributed by atoms with Crippen LogP contribution in [0.15, 0.2) is 188 Å². The maximum atomic E-state index is 2.42. The zero-order valence-electron chi connectivity index (χ0n) is 24.9. The van der Waals surface area contributed by atoms with Crippen molar-refractivity contribution in [3.05, 3.63) is 205 Å². The van der Waals surface area contributed by atoms with Crippen molar-refractivity contribution in [2.24, 2.45) is 0 Å². The fourth-order valence-corrected chi connectivity index (χ4v) is 6.67. The molecule has 0 saturated carbocycles. The third-order valence-electron chi connectivity index (χ3n) is 8.67. The summed E-state index contributed by atoms with van der Waals surface area (Å²) < 4.78 is 2.40. The van der Waals surface area contributed by atoms with Crippen LogP contribution in [0.25, 0.3) is 27.5 Å². The van der Waals surface area contributed by atoms with Crippen molar-refractivity contribution in [2.75, 3.05) is 4.90 Å². The van der Waals surface area contributed by atoms with E-state index in [4.69, 9.17) is 0 Å². The van der Waals surface area contributed by atoms with E-state index in [1.807, 2.05) is 0 Å². The lowest BCUT2D eigenvalue weighted by atomic mass is 9.84. The number of anilines is 3. The first-order valence-corrected chi connectivity index (χ1v) is 15.5. The number of hydrogen-bond acceptors (Lipinski definition) is 1. The number of benzene rings is 7. The molecule has 0 atom stereocenters. The fourth-order valence-electron chi connectivity index (χ4n) is 6.67. The van der Waals surface area contributed by atoms with Gasteiger partial charge >= 0.3 is 0 Å². The molecule has 7 aromatic carbocycles.